The van der Waals surface area contributed by atoms with Crippen LogP contribution in [0.5, 0.6) is 0 Å². The zero-order valence-electron chi connectivity index (χ0n) is 14.2. The molecular weight excluding hydrogens is 292 g/mol. The number of nitrogens with zero attached hydrogens (tertiary/aromatic N) is 2. The van der Waals surface area contributed by atoms with E-state index in [0.717, 1.165) is 84.2 Å². The van der Waals surface area contributed by atoms with Crippen molar-refractivity contribution in [2.45, 2.75) is 63.9 Å². The Balaban J connectivity index is 1.35. The highest BCUT2D eigenvalue weighted by Crippen LogP contribution is 2.23. The standard InChI is InChI=1S/C18H30N2O3/c21-17-5-1-2-10-20(17)14-15-8-11-19(12-9-15)18(22)7-6-16-4-3-13-23-16/h15-16H,1-14H2/t16-/m1/s1. The maximum Gasteiger partial charge on any atom is 0.222 e. The van der Waals surface area contributed by atoms with Gasteiger partial charge in [-0.3, -0.25) is 9.59 Å². The van der Waals surface area contributed by atoms with Gasteiger partial charge in [-0.05, 0) is 50.9 Å². The molecule has 130 valence electrons. The van der Waals surface area contributed by atoms with E-state index in [9.17, 15) is 9.59 Å². The van der Waals surface area contributed by atoms with Crippen LogP contribution in [0.25, 0.3) is 0 Å². The van der Waals surface area contributed by atoms with Gasteiger partial charge in [0.25, 0.3) is 0 Å². The van der Waals surface area contributed by atoms with Crippen molar-refractivity contribution in [1.29, 1.82) is 0 Å². The number of hydrogen-bond acceptors (Lipinski definition) is 3. The van der Waals surface area contributed by atoms with Gasteiger partial charge in [-0.25, -0.2) is 0 Å². The minimum atomic E-state index is 0.285. The molecule has 0 aromatic rings. The van der Waals surface area contributed by atoms with Crippen LogP contribution in [0, 0.1) is 5.92 Å². The lowest BCUT2D eigenvalue weighted by Crippen LogP contribution is -2.44. The molecule has 5 heteroatoms. The predicted molar refractivity (Wildman–Crippen MR) is 87.9 cm³/mol. The van der Waals surface area contributed by atoms with Gasteiger partial charge in [0.05, 0.1) is 6.10 Å². The van der Waals surface area contributed by atoms with E-state index < -0.39 is 0 Å². The zero-order valence-corrected chi connectivity index (χ0v) is 14.2. The third-order valence-electron chi connectivity index (χ3n) is 5.57. The van der Waals surface area contributed by atoms with Crippen molar-refractivity contribution in [2.24, 2.45) is 5.92 Å². The monoisotopic (exact) mass is 322 g/mol. The highest BCUT2D eigenvalue weighted by atomic mass is 16.5. The lowest BCUT2D eigenvalue weighted by molar-refractivity contribution is -0.136. The zero-order chi connectivity index (χ0) is 16.1. The second-order valence-electron chi connectivity index (χ2n) is 7.29. The van der Waals surface area contributed by atoms with Crippen molar-refractivity contribution in [3.05, 3.63) is 0 Å². The van der Waals surface area contributed by atoms with Crippen LogP contribution in [0.2, 0.25) is 0 Å². The first-order valence-corrected chi connectivity index (χ1v) is 9.39. The summed E-state index contributed by atoms with van der Waals surface area (Å²) in [7, 11) is 0. The van der Waals surface area contributed by atoms with Gasteiger partial charge in [-0.1, -0.05) is 0 Å². The first-order valence-electron chi connectivity index (χ1n) is 9.39. The largest absolute Gasteiger partial charge is 0.378 e. The lowest BCUT2D eigenvalue weighted by Gasteiger charge is -2.36. The van der Waals surface area contributed by atoms with Crippen molar-refractivity contribution in [3.63, 3.8) is 0 Å². The molecule has 23 heavy (non-hydrogen) atoms. The minimum Gasteiger partial charge on any atom is -0.378 e. The number of likely N-dealkylation sites (tertiary alicyclic amines) is 2. The van der Waals surface area contributed by atoms with Crippen LogP contribution < -0.4 is 0 Å². The summed E-state index contributed by atoms with van der Waals surface area (Å²) < 4.78 is 5.59. The van der Waals surface area contributed by atoms with Crippen LogP contribution in [-0.2, 0) is 14.3 Å². The number of amides is 2. The average molecular weight is 322 g/mol. The van der Waals surface area contributed by atoms with Gasteiger partial charge in [0, 0.05) is 45.6 Å². The van der Waals surface area contributed by atoms with Crippen molar-refractivity contribution < 1.29 is 14.3 Å². The fourth-order valence-electron chi connectivity index (χ4n) is 4.05. The van der Waals surface area contributed by atoms with E-state index in [2.05, 4.69) is 0 Å². The third kappa shape index (κ3) is 4.69. The van der Waals surface area contributed by atoms with E-state index >= 15 is 0 Å². The second-order valence-corrected chi connectivity index (χ2v) is 7.29. The Hall–Kier alpha value is -1.10. The number of rotatable bonds is 5. The SMILES string of the molecule is O=C(CC[C@H]1CCCO1)N1CCC(CN2CCCCC2=O)CC1. The molecule has 3 saturated heterocycles. The summed E-state index contributed by atoms with van der Waals surface area (Å²) in [5.41, 5.74) is 0. The van der Waals surface area contributed by atoms with Crippen LogP contribution in [0.4, 0.5) is 0 Å². The number of carbonyl (C=O) groups is 2. The summed E-state index contributed by atoms with van der Waals surface area (Å²) in [6, 6.07) is 0. The maximum absolute atomic E-state index is 12.3. The Morgan fingerprint density at radius 2 is 1.91 bits per heavy atom. The molecule has 0 spiro atoms. The molecule has 0 radical (unpaired) electrons. The molecule has 0 saturated carbocycles. The summed E-state index contributed by atoms with van der Waals surface area (Å²) in [4.78, 5) is 28.3. The Bertz CT molecular complexity index is 412. The molecule has 3 rings (SSSR count). The molecule has 0 bridgehead atoms. The lowest BCUT2D eigenvalue weighted by atomic mass is 9.94. The predicted octanol–water partition coefficient (Wildman–Crippen LogP) is 2.20. The van der Waals surface area contributed by atoms with Crippen LogP contribution in [0.1, 0.15) is 57.8 Å². The van der Waals surface area contributed by atoms with Gasteiger partial charge in [0.1, 0.15) is 0 Å². The Morgan fingerprint density at radius 1 is 1.09 bits per heavy atom. The van der Waals surface area contributed by atoms with Crippen LogP contribution in [0.15, 0.2) is 0 Å². The molecule has 0 aliphatic carbocycles. The molecule has 0 aromatic carbocycles. The van der Waals surface area contributed by atoms with E-state index in [0.29, 0.717) is 24.3 Å². The Morgan fingerprint density at radius 3 is 2.61 bits per heavy atom. The highest BCUT2D eigenvalue weighted by molar-refractivity contribution is 5.77. The summed E-state index contributed by atoms with van der Waals surface area (Å²) in [6.45, 7) is 4.41. The van der Waals surface area contributed by atoms with Crippen LogP contribution >= 0.6 is 0 Å². The molecule has 0 unspecified atom stereocenters. The maximum atomic E-state index is 12.3. The quantitative estimate of drug-likeness (QED) is 0.780. The molecular formula is C18H30N2O3. The van der Waals surface area contributed by atoms with Crippen LogP contribution in [0.3, 0.4) is 0 Å². The number of carbonyl (C=O) groups excluding carboxylic acids is 2. The molecule has 3 fully saturated rings. The molecule has 3 aliphatic heterocycles. The number of hydrogen-bond donors (Lipinski definition) is 0. The summed E-state index contributed by atoms with van der Waals surface area (Å²) in [6.07, 6.45) is 9.05. The topological polar surface area (TPSA) is 49.9 Å². The van der Waals surface area contributed by atoms with Crippen LogP contribution in [-0.4, -0.2) is 60.5 Å². The van der Waals surface area contributed by atoms with Gasteiger partial charge in [0.15, 0.2) is 0 Å². The molecule has 2 amide bonds. The number of piperidine rings is 2. The van der Waals surface area contributed by atoms with Crippen molar-refractivity contribution in [1.82, 2.24) is 9.80 Å². The Kier molecular flexibility index (Phi) is 5.92. The van der Waals surface area contributed by atoms with E-state index in [4.69, 9.17) is 4.74 Å². The summed E-state index contributed by atoms with van der Waals surface area (Å²) in [5, 5.41) is 0. The molecule has 5 nitrogen and oxygen atoms in total. The summed E-state index contributed by atoms with van der Waals surface area (Å²) in [5.74, 6) is 1.18. The normalized spacial score (nSPS) is 26.8. The average Bonchev–Trinajstić information content (AvgIpc) is 3.09. The van der Waals surface area contributed by atoms with Gasteiger partial charge in [0.2, 0.25) is 11.8 Å². The highest BCUT2D eigenvalue weighted by Gasteiger charge is 2.27. The molecule has 1 atom stereocenters. The fourth-order valence-corrected chi connectivity index (χ4v) is 4.05. The molecule has 0 N–H and O–H groups in total. The minimum absolute atomic E-state index is 0.285. The van der Waals surface area contributed by atoms with Gasteiger partial charge >= 0.3 is 0 Å². The molecule has 3 aliphatic rings. The van der Waals surface area contributed by atoms with E-state index in [1.54, 1.807) is 0 Å². The fraction of sp³-hybridized carbons (Fsp3) is 0.889. The molecule has 3 heterocycles. The van der Waals surface area contributed by atoms with Crippen molar-refractivity contribution in [3.8, 4) is 0 Å². The third-order valence-corrected chi connectivity index (χ3v) is 5.57. The van der Waals surface area contributed by atoms with E-state index in [1.165, 1.54) is 0 Å². The van der Waals surface area contributed by atoms with Gasteiger partial charge < -0.3 is 14.5 Å². The van der Waals surface area contributed by atoms with E-state index in [-0.39, 0.29) is 5.91 Å². The van der Waals surface area contributed by atoms with Gasteiger partial charge in [-0.15, -0.1) is 0 Å². The summed E-state index contributed by atoms with van der Waals surface area (Å²) >= 11 is 0. The Labute approximate surface area is 139 Å². The van der Waals surface area contributed by atoms with Gasteiger partial charge in [-0.2, -0.15) is 0 Å². The van der Waals surface area contributed by atoms with Crippen molar-refractivity contribution in [2.75, 3.05) is 32.8 Å². The molecule has 0 aromatic heterocycles. The second kappa shape index (κ2) is 8.13. The first-order chi connectivity index (χ1) is 11.2. The smallest absolute Gasteiger partial charge is 0.222 e. The van der Waals surface area contributed by atoms with Crippen molar-refractivity contribution >= 4 is 11.8 Å². The first kappa shape index (κ1) is 16.7. The van der Waals surface area contributed by atoms with E-state index in [1.807, 2.05) is 9.80 Å². The number of ether oxygens (including phenoxy) is 1.